The molecule has 88 valence electrons. The molecule has 2 rings (SSSR count). The summed E-state index contributed by atoms with van der Waals surface area (Å²) in [4.78, 5) is 2.30. The molecule has 0 aromatic carbocycles. The lowest BCUT2D eigenvalue weighted by Crippen LogP contribution is -2.50. The Morgan fingerprint density at radius 1 is 1.40 bits per heavy atom. The molecule has 4 nitrogen and oxygen atoms in total. The summed E-state index contributed by atoms with van der Waals surface area (Å²) in [6.45, 7) is 3.93. The number of nitrogens with two attached hydrogens (primary N) is 1. The fourth-order valence-corrected chi connectivity index (χ4v) is 2.67. The van der Waals surface area contributed by atoms with E-state index in [-0.39, 0.29) is 6.10 Å². The first-order valence-corrected chi connectivity index (χ1v) is 5.98. The molecule has 0 aromatic rings. The van der Waals surface area contributed by atoms with Crippen LogP contribution in [0.15, 0.2) is 0 Å². The minimum Gasteiger partial charge on any atom is -0.389 e. The molecule has 1 unspecified atom stereocenters. The fraction of sp³-hybridized carbons (Fsp3) is 1.00. The molecule has 1 heterocycles. The van der Waals surface area contributed by atoms with Crippen LogP contribution in [-0.2, 0) is 4.74 Å². The van der Waals surface area contributed by atoms with Gasteiger partial charge in [-0.25, -0.2) is 0 Å². The summed E-state index contributed by atoms with van der Waals surface area (Å²) in [7, 11) is 0. The van der Waals surface area contributed by atoms with Gasteiger partial charge in [0.25, 0.3) is 0 Å². The van der Waals surface area contributed by atoms with E-state index in [1.54, 1.807) is 0 Å². The highest BCUT2D eigenvalue weighted by Crippen LogP contribution is 2.30. The number of aliphatic hydroxyl groups is 1. The Balaban J connectivity index is 1.83. The minimum absolute atomic E-state index is 0.156. The van der Waals surface area contributed by atoms with Crippen molar-refractivity contribution in [2.75, 3.05) is 32.8 Å². The standard InChI is InChI=1S/C11H22N2O2/c12-7-10-8-13(5-6-15-10)9-11(14)3-1-2-4-11/h10,14H,1-9,12H2. The van der Waals surface area contributed by atoms with E-state index < -0.39 is 5.60 Å². The van der Waals surface area contributed by atoms with Crippen LogP contribution in [0.5, 0.6) is 0 Å². The van der Waals surface area contributed by atoms with Crippen molar-refractivity contribution < 1.29 is 9.84 Å². The van der Waals surface area contributed by atoms with Gasteiger partial charge in [0.05, 0.1) is 18.3 Å². The second-order valence-electron chi connectivity index (χ2n) is 4.90. The van der Waals surface area contributed by atoms with Crippen LogP contribution in [0.2, 0.25) is 0 Å². The first kappa shape index (κ1) is 11.3. The fourth-order valence-electron chi connectivity index (χ4n) is 2.67. The van der Waals surface area contributed by atoms with Gasteiger partial charge in [0, 0.05) is 26.2 Å². The van der Waals surface area contributed by atoms with Crippen LogP contribution in [0.3, 0.4) is 0 Å². The Bertz CT molecular complexity index is 205. The van der Waals surface area contributed by atoms with E-state index in [2.05, 4.69) is 4.90 Å². The molecular formula is C11H22N2O2. The molecular weight excluding hydrogens is 192 g/mol. The third-order valence-corrected chi connectivity index (χ3v) is 3.54. The van der Waals surface area contributed by atoms with E-state index in [9.17, 15) is 5.11 Å². The number of morpholine rings is 1. The van der Waals surface area contributed by atoms with Gasteiger partial charge in [-0.15, -0.1) is 0 Å². The van der Waals surface area contributed by atoms with Crippen LogP contribution in [0.25, 0.3) is 0 Å². The second-order valence-corrected chi connectivity index (χ2v) is 4.90. The van der Waals surface area contributed by atoms with Gasteiger partial charge in [0.15, 0.2) is 0 Å². The van der Waals surface area contributed by atoms with Crippen molar-refractivity contribution >= 4 is 0 Å². The van der Waals surface area contributed by atoms with Crippen molar-refractivity contribution in [2.24, 2.45) is 5.73 Å². The zero-order chi connectivity index (χ0) is 10.7. The smallest absolute Gasteiger partial charge is 0.0824 e. The summed E-state index contributed by atoms with van der Waals surface area (Å²) in [6, 6.07) is 0. The number of nitrogens with zero attached hydrogens (tertiary/aromatic N) is 1. The molecule has 1 atom stereocenters. The average molecular weight is 214 g/mol. The van der Waals surface area contributed by atoms with Crippen LogP contribution >= 0.6 is 0 Å². The number of β-amino-alcohol motifs (C(OH)–C–C–N with tert-alkyl or cyclic N) is 1. The van der Waals surface area contributed by atoms with Crippen LogP contribution in [-0.4, -0.2) is 54.5 Å². The number of hydrogen-bond donors (Lipinski definition) is 2. The Kier molecular flexibility index (Phi) is 3.61. The van der Waals surface area contributed by atoms with E-state index in [4.69, 9.17) is 10.5 Å². The summed E-state index contributed by atoms with van der Waals surface area (Å²) >= 11 is 0. The molecule has 0 aromatic heterocycles. The lowest BCUT2D eigenvalue weighted by Gasteiger charge is -2.36. The van der Waals surface area contributed by atoms with Crippen molar-refractivity contribution in [3.63, 3.8) is 0 Å². The van der Waals surface area contributed by atoms with Crippen molar-refractivity contribution in [3.8, 4) is 0 Å². The Hall–Kier alpha value is -0.160. The van der Waals surface area contributed by atoms with E-state index in [1.807, 2.05) is 0 Å². The van der Waals surface area contributed by atoms with Gasteiger partial charge in [-0.05, 0) is 12.8 Å². The molecule has 3 N–H and O–H groups in total. The number of hydrogen-bond acceptors (Lipinski definition) is 4. The summed E-state index contributed by atoms with van der Waals surface area (Å²) in [6.07, 6.45) is 4.40. The monoisotopic (exact) mass is 214 g/mol. The topological polar surface area (TPSA) is 58.7 Å². The molecule has 2 fully saturated rings. The maximum atomic E-state index is 10.3. The maximum absolute atomic E-state index is 10.3. The van der Waals surface area contributed by atoms with Gasteiger partial charge in [-0.2, -0.15) is 0 Å². The number of ether oxygens (including phenoxy) is 1. The normalized spacial score (nSPS) is 32.0. The van der Waals surface area contributed by atoms with Gasteiger partial charge >= 0.3 is 0 Å². The van der Waals surface area contributed by atoms with Crippen LogP contribution < -0.4 is 5.73 Å². The quantitative estimate of drug-likeness (QED) is 0.691. The Morgan fingerprint density at radius 2 is 2.13 bits per heavy atom. The molecule has 0 spiro atoms. The molecule has 2 aliphatic rings. The van der Waals surface area contributed by atoms with Gasteiger partial charge < -0.3 is 15.6 Å². The third kappa shape index (κ3) is 2.91. The molecule has 0 amide bonds. The van der Waals surface area contributed by atoms with Crippen molar-refractivity contribution in [3.05, 3.63) is 0 Å². The van der Waals surface area contributed by atoms with E-state index >= 15 is 0 Å². The van der Waals surface area contributed by atoms with Gasteiger partial charge in [-0.1, -0.05) is 12.8 Å². The van der Waals surface area contributed by atoms with E-state index in [0.29, 0.717) is 6.54 Å². The third-order valence-electron chi connectivity index (χ3n) is 3.54. The SMILES string of the molecule is NCC1CN(CC2(O)CCCC2)CCO1. The van der Waals surface area contributed by atoms with E-state index in [1.165, 1.54) is 12.8 Å². The molecule has 1 aliphatic heterocycles. The Morgan fingerprint density at radius 3 is 2.80 bits per heavy atom. The predicted octanol–water partition coefficient (Wildman–Crippen LogP) is -0.0490. The Labute approximate surface area is 91.4 Å². The highest BCUT2D eigenvalue weighted by atomic mass is 16.5. The average Bonchev–Trinajstić information content (AvgIpc) is 2.65. The summed E-state index contributed by atoms with van der Waals surface area (Å²) in [5.74, 6) is 0. The van der Waals surface area contributed by atoms with Gasteiger partial charge in [-0.3, -0.25) is 4.90 Å². The molecule has 0 radical (unpaired) electrons. The first-order valence-electron chi connectivity index (χ1n) is 5.98. The maximum Gasteiger partial charge on any atom is 0.0824 e. The first-order chi connectivity index (χ1) is 7.22. The van der Waals surface area contributed by atoms with Gasteiger partial charge in [0.2, 0.25) is 0 Å². The highest BCUT2D eigenvalue weighted by Gasteiger charge is 2.34. The van der Waals surface area contributed by atoms with Crippen molar-refractivity contribution in [2.45, 2.75) is 37.4 Å². The van der Waals surface area contributed by atoms with Crippen molar-refractivity contribution in [1.82, 2.24) is 4.90 Å². The van der Waals surface area contributed by atoms with Crippen molar-refractivity contribution in [1.29, 1.82) is 0 Å². The predicted molar refractivity (Wildman–Crippen MR) is 58.7 cm³/mol. The van der Waals surface area contributed by atoms with Gasteiger partial charge in [0.1, 0.15) is 0 Å². The zero-order valence-corrected chi connectivity index (χ0v) is 9.32. The summed E-state index contributed by atoms with van der Waals surface area (Å²) in [5, 5.41) is 10.3. The summed E-state index contributed by atoms with van der Waals surface area (Å²) < 4.78 is 5.51. The minimum atomic E-state index is -0.434. The molecule has 0 bridgehead atoms. The highest BCUT2D eigenvalue weighted by molar-refractivity contribution is 4.88. The largest absolute Gasteiger partial charge is 0.389 e. The lowest BCUT2D eigenvalue weighted by atomic mass is 10.0. The molecule has 1 saturated carbocycles. The molecule has 15 heavy (non-hydrogen) atoms. The molecule has 1 aliphatic carbocycles. The van der Waals surface area contributed by atoms with Crippen LogP contribution in [0, 0.1) is 0 Å². The second kappa shape index (κ2) is 4.78. The van der Waals surface area contributed by atoms with Crippen LogP contribution in [0.1, 0.15) is 25.7 Å². The van der Waals surface area contributed by atoms with E-state index in [0.717, 1.165) is 39.1 Å². The lowest BCUT2D eigenvalue weighted by molar-refractivity contribution is -0.0591. The number of rotatable bonds is 3. The molecule has 1 saturated heterocycles. The molecule has 4 heteroatoms. The zero-order valence-electron chi connectivity index (χ0n) is 9.32. The summed E-state index contributed by atoms with van der Waals surface area (Å²) in [5.41, 5.74) is 5.16. The van der Waals surface area contributed by atoms with Crippen LogP contribution in [0.4, 0.5) is 0 Å².